The number of nitrogens with one attached hydrogen (secondary N) is 3. The summed E-state index contributed by atoms with van der Waals surface area (Å²) >= 11 is 6.33. The van der Waals surface area contributed by atoms with Gasteiger partial charge in [-0.1, -0.05) is 73.9 Å². The summed E-state index contributed by atoms with van der Waals surface area (Å²) in [5.74, 6) is -1.78. The van der Waals surface area contributed by atoms with E-state index in [0.29, 0.717) is 22.8 Å². The maximum absolute atomic E-state index is 13.7. The van der Waals surface area contributed by atoms with Crippen LogP contribution in [0.5, 0.6) is 5.75 Å². The molecule has 6 atom stereocenters. The Hall–Kier alpha value is -4.58. The van der Waals surface area contributed by atoms with Crippen LogP contribution in [0, 0.1) is 17.3 Å². The van der Waals surface area contributed by atoms with Crippen molar-refractivity contribution in [3.63, 3.8) is 0 Å². The summed E-state index contributed by atoms with van der Waals surface area (Å²) in [6.45, 7) is 9.34. The van der Waals surface area contributed by atoms with E-state index < -0.39 is 47.3 Å². The van der Waals surface area contributed by atoms with E-state index in [1.165, 1.54) is 13.2 Å². The summed E-state index contributed by atoms with van der Waals surface area (Å²) < 4.78 is 17.4. The normalized spacial score (nSPS) is 25.4. The van der Waals surface area contributed by atoms with Crippen LogP contribution in [0.2, 0.25) is 5.02 Å². The summed E-state index contributed by atoms with van der Waals surface area (Å²) in [5.41, 5.74) is 9.99. The number of ether oxygens (including phenoxy) is 3. The van der Waals surface area contributed by atoms with E-state index >= 15 is 0 Å². The Bertz CT molecular complexity index is 1660. The van der Waals surface area contributed by atoms with Gasteiger partial charge in [-0.2, -0.15) is 0 Å². The molecule has 2 heterocycles. The number of benzene rings is 2. The summed E-state index contributed by atoms with van der Waals surface area (Å²) in [6, 6.07) is 10.8. The van der Waals surface area contributed by atoms with Crippen LogP contribution < -0.4 is 20.7 Å². The van der Waals surface area contributed by atoms with Crippen molar-refractivity contribution in [2.75, 3.05) is 13.7 Å². The molecule has 0 aliphatic carbocycles. The molecule has 1 saturated heterocycles. The highest BCUT2D eigenvalue weighted by Crippen LogP contribution is 2.45. The molecule has 0 radical (unpaired) electrons. The van der Waals surface area contributed by atoms with Crippen LogP contribution in [-0.2, 0) is 41.6 Å². The third-order valence-electron chi connectivity index (χ3n) is 9.07. The molecule has 2 aromatic rings. The number of methoxy groups -OCH3 is 1. The zero-order valence-corrected chi connectivity index (χ0v) is 30.6. The van der Waals surface area contributed by atoms with Crippen LogP contribution in [0.25, 0.3) is 10.4 Å². The minimum Gasteiger partial charge on any atom is -0.495 e. The first-order valence-corrected chi connectivity index (χ1v) is 17.4. The number of carbonyl (C=O) groups is 4. The van der Waals surface area contributed by atoms with Crippen LogP contribution in [0.15, 0.2) is 59.7 Å². The summed E-state index contributed by atoms with van der Waals surface area (Å²) in [4.78, 5) is 56.8. The number of rotatable bonds is 10. The van der Waals surface area contributed by atoms with Crippen molar-refractivity contribution in [2.45, 2.75) is 90.8 Å². The number of hydrogen-bond acceptors (Lipinski definition) is 8. The molecule has 274 valence electrons. The number of nitrogens with zero attached hydrogens (tertiary/aromatic N) is 3. The van der Waals surface area contributed by atoms with E-state index in [-0.39, 0.29) is 50.0 Å². The van der Waals surface area contributed by atoms with E-state index in [1.807, 2.05) is 45.0 Å². The first-order valence-electron chi connectivity index (χ1n) is 17.1. The van der Waals surface area contributed by atoms with Gasteiger partial charge in [-0.25, -0.2) is 4.79 Å². The fourth-order valence-corrected chi connectivity index (χ4v) is 6.17. The topological polar surface area (TPSA) is 184 Å². The Morgan fingerprint density at radius 1 is 1.04 bits per heavy atom. The van der Waals surface area contributed by atoms with E-state index in [1.54, 1.807) is 38.1 Å². The number of amides is 3. The third kappa shape index (κ3) is 11.0. The van der Waals surface area contributed by atoms with Crippen LogP contribution in [-0.4, -0.2) is 61.6 Å². The average Bonchev–Trinajstić information content (AvgIpc) is 3.89. The molecule has 2 aliphatic heterocycles. The molecule has 3 amide bonds. The Labute approximate surface area is 303 Å². The van der Waals surface area contributed by atoms with Gasteiger partial charge < -0.3 is 30.2 Å². The molecule has 4 rings (SSSR count). The number of halogens is 1. The maximum Gasteiger partial charge on any atom is 0.328 e. The number of epoxide rings is 1. The highest BCUT2D eigenvalue weighted by atomic mass is 35.5. The zero-order valence-electron chi connectivity index (χ0n) is 29.9. The number of cyclic esters (lactones) is 1. The predicted molar refractivity (Wildman–Crippen MR) is 192 cm³/mol. The molecule has 2 aromatic carbocycles. The molecule has 1 fully saturated rings. The molecule has 13 nitrogen and oxygen atoms in total. The molecule has 14 heteroatoms. The van der Waals surface area contributed by atoms with Gasteiger partial charge in [0.1, 0.15) is 30.0 Å². The number of carbonyl (C=O) groups excluding carboxylic acids is 4. The van der Waals surface area contributed by atoms with Gasteiger partial charge in [0, 0.05) is 30.2 Å². The van der Waals surface area contributed by atoms with Crippen molar-refractivity contribution < 1.29 is 33.4 Å². The second-order valence-electron chi connectivity index (χ2n) is 14.1. The largest absolute Gasteiger partial charge is 0.495 e. The number of hydrogen-bond donors (Lipinski definition) is 3. The average molecular weight is 723 g/mol. The van der Waals surface area contributed by atoms with Gasteiger partial charge in [0.25, 0.3) is 0 Å². The van der Waals surface area contributed by atoms with Crippen molar-refractivity contribution in [3.8, 4) is 5.75 Å². The van der Waals surface area contributed by atoms with Gasteiger partial charge in [-0.3, -0.25) is 14.4 Å². The lowest BCUT2D eigenvalue weighted by Crippen LogP contribution is -2.54. The van der Waals surface area contributed by atoms with Gasteiger partial charge >= 0.3 is 5.97 Å². The van der Waals surface area contributed by atoms with Gasteiger partial charge in [0.2, 0.25) is 17.7 Å². The predicted octanol–water partition coefficient (Wildman–Crippen LogP) is 5.51. The second-order valence-corrected chi connectivity index (χ2v) is 14.5. The van der Waals surface area contributed by atoms with Crippen LogP contribution >= 0.6 is 11.6 Å². The molecular weight excluding hydrogens is 676 g/mol. The van der Waals surface area contributed by atoms with Crippen LogP contribution in [0.1, 0.15) is 70.3 Å². The Morgan fingerprint density at radius 2 is 1.75 bits per heavy atom. The van der Waals surface area contributed by atoms with Gasteiger partial charge in [0.05, 0.1) is 30.2 Å². The number of azide groups is 1. The Kier molecular flexibility index (Phi) is 13.5. The van der Waals surface area contributed by atoms with Gasteiger partial charge in [-0.05, 0) is 66.6 Å². The summed E-state index contributed by atoms with van der Waals surface area (Å²) in [7, 11) is 1.50. The van der Waals surface area contributed by atoms with Crippen molar-refractivity contribution >= 4 is 35.3 Å². The minimum absolute atomic E-state index is 0.0563. The van der Waals surface area contributed by atoms with Crippen LogP contribution in [0.3, 0.4) is 0 Å². The molecule has 2 aliphatic rings. The molecule has 0 bridgehead atoms. The Morgan fingerprint density at radius 3 is 2.39 bits per heavy atom. The summed E-state index contributed by atoms with van der Waals surface area (Å²) in [6.07, 6.45) is 2.36. The maximum atomic E-state index is 13.7. The van der Waals surface area contributed by atoms with E-state index in [4.69, 9.17) is 31.3 Å². The molecular formula is C37H47ClN6O7. The fourth-order valence-electron chi connectivity index (χ4n) is 5.89. The standard InChI is InChI=1S/C37H47ClN6O7/c1-21(2)16-28-35(47)50-29(22(3)32-33(51-32)25-13-10-23(11-14-25)19-41-44-39)8-7-9-31(45)42-27(18-24-12-15-30(49-6)26(38)17-24)34(46)40-20-37(4,5)36(48)43-28/h7,9-15,17,21-22,27-29,32-33H,8,16,18-20H2,1-6H3,(H,40,46)(H,42,45)(H,43,48)/b9-7-/t22-,27+,28-,29-,32+,33+/m0/s1. The third-order valence-corrected chi connectivity index (χ3v) is 9.36. The quantitative estimate of drug-likeness (QED) is 0.0950. The minimum atomic E-state index is -1.11. The SMILES string of the molecule is COc1ccc(C[C@H]2NC(=O)/C=C\C[C@@H]([C@H](C)[C@H]3O[C@@H]3c3ccc(CN=[N+]=[N-])cc3)OC(=O)[C@H](CC(C)C)NC(=O)C(C)(C)CNC2=O)cc1Cl. The zero-order chi connectivity index (χ0) is 37.3. The van der Waals surface area contributed by atoms with Crippen LogP contribution in [0.4, 0.5) is 0 Å². The Balaban J connectivity index is 1.59. The van der Waals surface area contributed by atoms with Crippen molar-refractivity contribution in [1.29, 1.82) is 0 Å². The lowest BCUT2D eigenvalue weighted by atomic mass is 9.90. The molecule has 0 unspecified atom stereocenters. The van der Waals surface area contributed by atoms with Gasteiger partial charge in [-0.15, -0.1) is 0 Å². The number of esters is 1. The van der Waals surface area contributed by atoms with E-state index in [0.717, 1.165) is 11.1 Å². The first-order chi connectivity index (χ1) is 24.2. The van der Waals surface area contributed by atoms with Crippen molar-refractivity contribution in [3.05, 3.63) is 86.8 Å². The molecule has 0 saturated carbocycles. The van der Waals surface area contributed by atoms with Crippen molar-refractivity contribution in [1.82, 2.24) is 16.0 Å². The molecule has 0 spiro atoms. The lowest BCUT2D eigenvalue weighted by molar-refractivity contribution is -0.157. The molecule has 0 aromatic heterocycles. The second kappa shape index (κ2) is 17.6. The molecule has 51 heavy (non-hydrogen) atoms. The van der Waals surface area contributed by atoms with E-state index in [2.05, 4.69) is 26.0 Å². The summed E-state index contributed by atoms with van der Waals surface area (Å²) in [5, 5.41) is 12.4. The lowest BCUT2D eigenvalue weighted by Gasteiger charge is -2.30. The highest BCUT2D eigenvalue weighted by molar-refractivity contribution is 6.32. The van der Waals surface area contributed by atoms with E-state index in [9.17, 15) is 19.2 Å². The fraction of sp³-hybridized carbons (Fsp3) is 0.514. The smallest absolute Gasteiger partial charge is 0.328 e. The first kappa shape index (κ1) is 39.2. The van der Waals surface area contributed by atoms with Gasteiger partial charge in [0.15, 0.2) is 0 Å². The van der Waals surface area contributed by atoms with Crippen molar-refractivity contribution in [2.24, 2.45) is 22.4 Å². The highest BCUT2D eigenvalue weighted by Gasteiger charge is 2.47. The molecule has 3 N–H and O–H groups in total. The monoisotopic (exact) mass is 722 g/mol.